The number of anilines is 1. The van der Waals surface area contributed by atoms with Crippen LogP contribution in [-0.4, -0.2) is 45.3 Å². The molecule has 5 aliphatic rings. The van der Waals surface area contributed by atoms with Gasteiger partial charge in [0.05, 0.1) is 12.2 Å². The van der Waals surface area contributed by atoms with Crippen LogP contribution >= 0.6 is 0 Å². The summed E-state index contributed by atoms with van der Waals surface area (Å²) in [6, 6.07) is 0.555. The van der Waals surface area contributed by atoms with Crippen molar-refractivity contribution >= 4 is 11.9 Å². The van der Waals surface area contributed by atoms with Crippen molar-refractivity contribution in [2.24, 2.45) is 17.8 Å². The Morgan fingerprint density at radius 1 is 1.29 bits per heavy atom. The Morgan fingerprint density at radius 3 is 2.64 bits per heavy atom. The average Bonchev–Trinajstić information content (AvgIpc) is 2.60. The molecule has 6 rings (SSSR count). The molecule has 0 saturated heterocycles. The van der Waals surface area contributed by atoms with Gasteiger partial charge in [0.25, 0.3) is 5.91 Å². The zero-order valence-electron chi connectivity index (χ0n) is 16.5. The van der Waals surface area contributed by atoms with Crippen LogP contribution in [0.2, 0.25) is 0 Å². The Hall–Kier alpha value is -1.89. The third kappa shape index (κ3) is 3.23. The maximum Gasteiger partial charge on any atom is 0.258 e. The number of hydrogen-bond donors (Lipinski definition) is 3. The molecule has 7 nitrogen and oxygen atoms in total. The van der Waals surface area contributed by atoms with Crippen LogP contribution in [0.3, 0.4) is 0 Å². The van der Waals surface area contributed by atoms with Gasteiger partial charge >= 0.3 is 0 Å². The van der Waals surface area contributed by atoms with Gasteiger partial charge < -0.3 is 20.5 Å². The largest absolute Gasteiger partial charge is 0.477 e. The second-order valence-corrected chi connectivity index (χ2v) is 9.31. The number of aliphatic hydroxyl groups is 1. The first kappa shape index (κ1) is 18.2. The topological polar surface area (TPSA) is 96.4 Å². The smallest absolute Gasteiger partial charge is 0.258 e. The second kappa shape index (κ2) is 6.87. The van der Waals surface area contributed by atoms with Crippen LogP contribution in [0, 0.1) is 17.8 Å². The fraction of sp³-hybridized carbons (Fsp3) is 0.762. The zero-order chi connectivity index (χ0) is 19.3. The number of carbonyl (C=O) groups is 1. The second-order valence-electron chi connectivity index (χ2n) is 9.31. The van der Waals surface area contributed by atoms with Gasteiger partial charge in [-0.1, -0.05) is 0 Å². The van der Waals surface area contributed by atoms with E-state index in [1.165, 1.54) is 6.42 Å². The molecular formula is C21H30N4O3. The summed E-state index contributed by atoms with van der Waals surface area (Å²) in [4.78, 5) is 21.9. The molecule has 5 fully saturated rings. The summed E-state index contributed by atoms with van der Waals surface area (Å²) in [6.07, 6.45) is 9.87. The Bertz CT molecular complexity index is 750. The Labute approximate surface area is 165 Å². The molecule has 2 unspecified atom stereocenters. The quantitative estimate of drug-likeness (QED) is 0.695. The molecule has 1 aromatic heterocycles. The number of amides is 1. The van der Waals surface area contributed by atoms with Crippen LogP contribution in [0.4, 0.5) is 5.95 Å². The predicted octanol–water partition coefficient (Wildman–Crippen LogP) is 2.51. The van der Waals surface area contributed by atoms with E-state index in [1.54, 1.807) is 6.20 Å². The number of nitrogens with zero attached hydrogens (tertiary/aromatic N) is 2. The van der Waals surface area contributed by atoms with Crippen molar-refractivity contribution in [1.82, 2.24) is 15.3 Å². The molecule has 152 valence electrons. The Balaban J connectivity index is 1.32. The number of nitrogens with one attached hydrogen (secondary N) is 2. The van der Waals surface area contributed by atoms with Gasteiger partial charge in [-0.3, -0.25) is 4.79 Å². The van der Waals surface area contributed by atoms with Gasteiger partial charge in [-0.15, -0.1) is 0 Å². The van der Waals surface area contributed by atoms with Crippen molar-refractivity contribution in [3.63, 3.8) is 0 Å². The van der Waals surface area contributed by atoms with Crippen molar-refractivity contribution in [1.29, 1.82) is 0 Å². The molecule has 5 saturated carbocycles. The van der Waals surface area contributed by atoms with Crippen LogP contribution in [0.5, 0.6) is 5.88 Å². The minimum Gasteiger partial charge on any atom is -0.477 e. The lowest BCUT2D eigenvalue weighted by atomic mass is 9.52. The van der Waals surface area contributed by atoms with Crippen molar-refractivity contribution in [3.8, 4) is 5.88 Å². The number of hydrogen-bond acceptors (Lipinski definition) is 6. The fourth-order valence-corrected chi connectivity index (χ4v) is 6.02. The lowest BCUT2D eigenvalue weighted by molar-refractivity contribution is -0.136. The Morgan fingerprint density at radius 2 is 2.04 bits per heavy atom. The van der Waals surface area contributed by atoms with E-state index in [2.05, 4.69) is 20.6 Å². The van der Waals surface area contributed by atoms with E-state index in [-0.39, 0.29) is 11.9 Å². The molecule has 0 radical (unpaired) electrons. The molecule has 0 spiro atoms. The zero-order valence-corrected chi connectivity index (χ0v) is 16.5. The van der Waals surface area contributed by atoms with E-state index in [9.17, 15) is 9.90 Å². The van der Waals surface area contributed by atoms with Crippen LogP contribution in [0.15, 0.2) is 6.20 Å². The molecule has 28 heavy (non-hydrogen) atoms. The molecule has 0 aliphatic heterocycles. The van der Waals surface area contributed by atoms with E-state index in [0.29, 0.717) is 47.8 Å². The van der Waals surface area contributed by atoms with E-state index in [1.807, 2.05) is 6.92 Å². The fourth-order valence-electron chi connectivity index (χ4n) is 6.02. The average molecular weight is 386 g/mol. The summed E-state index contributed by atoms with van der Waals surface area (Å²) in [5.41, 5.74) is -0.0971. The van der Waals surface area contributed by atoms with Gasteiger partial charge in [-0.2, -0.15) is 4.98 Å². The molecule has 7 heteroatoms. The van der Waals surface area contributed by atoms with Gasteiger partial charge in [0, 0.05) is 18.3 Å². The lowest BCUT2D eigenvalue weighted by Gasteiger charge is -2.58. The first-order valence-corrected chi connectivity index (χ1v) is 10.8. The number of carbonyl (C=O) groups excluding carboxylic acids is 1. The molecule has 5 aliphatic carbocycles. The van der Waals surface area contributed by atoms with Gasteiger partial charge in [0.2, 0.25) is 11.8 Å². The maximum atomic E-state index is 13.1. The predicted molar refractivity (Wildman–Crippen MR) is 104 cm³/mol. The van der Waals surface area contributed by atoms with Crippen LogP contribution in [-0.2, 0) is 0 Å². The van der Waals surface area contributed by atoms with Crippen LogP contribution in [0.1, 0.15) is 68.6 Å². The van der Waals surface area contributed by atoms with E-state index >= 15 is 0 Å². The third-order valence-corrected chi connectivity index (χ3v) is 7.26. The highest BCUT2D eigenvalue weighted by Gasteiger charge is 2.55. The van der Waals surface area contributed by atoms with Crippen molar-refractivity contribution in [2.75, 3.05) is 11.9 Å². The number of ether oxygens (including phenoxy) is 1. The number of aromatic nitrogens is 2. The summed E-state index contributed by atoms with van der Waals surface area (Å²) < 4.78 is 5.66. The summed E-state index contributed by atoms with van der Waals surface area (Å²) in [5, 5.41) is 17.3. The highest BCUT2D eigenvalue weighted by atomic mass is 16.5. The van der Waals surface area contributed by atoms with E-state index in [4.69, 9.17) is 4.74 Å². The van der Waals surface area contributed by atoms with Gasteiger partial charge in [-0.05, 0) is 76.0 Å². The molecule has 0 aromatic carbocycles. The maximum absolute atomic E-state index is 13.1. The van der Waals surface area contributed by atoms with Gasteiger partial charge in [0.15, 0.2) is 0 Å². The summed E-state index contributed by atoms with van der Waals surface area (Å²) >= 11 is 0. The summed E-state index contributed by atoms with van der Waals surface area (Å²) in [7, 11) is 0. The minimum atomic E-state index is -0.494. The molecule has 3 N–H and O–H groups in total. The van der Waals surface area contributed by atoms with Gasteiger partial charge in [-0.25, -0.2) is 4.98 Å². The first-order valence-electron chi connectivity index (χ1n) is 10.8. The summed E-state index contributed by atoms with van der Waals surface area (Å²) in [6.45, 7) is 2.34. The lowest BCUT2D eigenvalue weighted by Crippen LogP contribution is -2.61. The SMILES string of the molecule is CCOc1nc(NC2CCC2)ncc1C(=O)N[C@H]1C2CC3CC1C[C@@](O)(C3)C2. The first-order chi connectivity index (χ1) is 13.5. The summed E-state index contributed by atoms with van der Waals surface area (Å²) in [5.74, 6) is 2.08. The highest BCUT2D eigenvalue weighted by Crippen LogP contribution is 2.55. The van der Waals surface area contributed by atoms with Crippen molar-refractivity contribution in [3.05, 3.63) is 11.8 Å². The number of rotatable bonds is 6. The van der Waals surface area contributed by atoms with Gasteiger partial charge in [0.1, 0.15) is 5.56 Å². The van der Waals surface area contributed by atoms with E-state index < -0.39 is 5.60 Å². The minimum absolute atomic E-state index is 0.131. The monoisotopic (exact) mass is 386 g/mol. The van der Waals surface area contributed by atoms with Crippen LogP contribution < -0.4 is 15.4 Å². The molecule has 1 heterocycles. The van der Waals surface area contributed by atoms with Crippen molar-refractivity contribution < 1.29 is 14.6 Å². The molecule has 1 amide bonds. The molecular weight excluding hydrogens is 356 g/mol. The van der Waals surface area contributed by atoms with Crippen molar-refractivity contribution in [2.45, 2.75) is 76.0 Å². The van der Waals surface area contributed by atoms with E-state index in [0.717, 1.165) is 44.9 Å². The molecule has 4 bridgehead atoms. The Kier molecular flexibility index (Phi) is 4.45. The standard InChI is InChI=1S/C21H30N4O3/c1-2-28-19-16(11-22-20(25-19)23-15-4-3-5-15)18(26)24-17-13-6-12-7-14(17)10-21(27,8-12)9-13/h11-15,17,27H,2-10H2,1H3,(H,24,26)(H,22,23,25)/t12?,13?,14?,17-,21+. The van der Waals surface area contributed by atoms with Crippen LogP contribution in [0.25, 0.3) is 0 Å². The third-order valence-electron chi connectivity index (χ3n) is 7.26. The molecule has 2 atom stereocenters. The highest BCUT2D eigenvalue weighted by molar-refractivity contribution is 5.96. The molecule has 1 aromatic rings. The normalized spacial score (nSPS) is 36.1.